The van der Waals surface area contributed by atoms with Crippen LogP contribution in [0.5, 0.6) is 0 Å². The third-order valence-corrected chi connectivity index (χ3v) is 4.35. The standard InChI is InChI=1S/C18H21N3O5/c1-11-9-21(10-14(26-11)18(24)25)16(22)8-4-7-15-19-13-6-3-2-5-12(13)17(23)20-15/h2-3,5-6,11,14H,4,7-10H2,1H3,(H,24,25)(H,19,20,23)/t11-,14?/m1/s1. The fourth-order valence-corrected chi connectivity index (χ4v) is 3.11. The van der Waals surface area contributed by atoms with Crippen molar-refractivity contribution in [2.75, 3.05) is 13.1 Å². The lowest BCUT2D eigenvalue weighted by molar-refractivity contribution is -0.166. The molecule has 0 spiro atoms. The first-order valence-electron chi connectivity index (χ1n) is 8.58. The summed E-state index contributed by atoms with van der Waals surface area (Å²) in [5.41, 5.74) is 0.437. The number of rotatable bonds is 5. The molecular formula is C18H21N3O5. The molecule has 0 bridgehead atoms. The van der Waals surface area contributed by atoms with E-state index in [0.717, 1.165) is 0 Å². The fourth-order valence-electron chi connectivity index (χ4n) is 3.11. The predicted octanol–water partition coefficient (Wildman–Crippen LogP) is 0.946. The van der Waals surface area contributed by atoms with E-state index in [2.05, 4.69) is 9.97 Å². The van der Waals surface area contributed by atoms with Crippen molar-refractivity contribution in [3.63, 3.8) is 0 Å². The number of nitrogens with one attached hydrogen (secondary N) is 1. The van der Waals surface area contributed by atoms with Gasteiger partial charge in [-0.3, -0.25) is 9.59 Å². The number of fused-ring (bicyclic) bond motifs is 1. The molecule has 8 nitrogen and oxygen atoms in total. The molecule has 2 atom stereocenters. The minimum atomic E-state index is -1.06. The third-order valence-electron chi connectivity index (χ3n) is 4.35. The number of amides is 1. The predicted molar refractivity (Wildman–Crippen MR) is 93.9 cm³/mol. The number of aryl methyl sites for hydroxylation is 1. The van der Waals surface area contributed by atoms with E-state index in [1.54, 1.807) is 25.1 Å². The molecule has 1 aromatic carbocycles. The van der Waals surface area contributed by atoms with Gasteiger partial charge in [-0.25, -0.2) is 9.78 Å². The number of benzene rings is 1. The smallest absolute Gasteiger partial charge is 0.334 e. The molecule has 2 N–H and O–H groups in total. The van der Waals surface area contributed by atoms with Crippen LogP contribution in [0.1, 0.15) is 25.6 Å². The molecule has 1 amide bonds. The topological polar surface area (TPSA) is 113 Å². The molecule has 1 unspecified atom stereocenters. The second kappa shape index (κ2) is 7.65. The number of hydrogen-bond donors (Lipinski definition) is 2. The molecule has 0 aliphatic carbocycles. The third kappa shape index (κ3) is 4.08. The first kappa shape index (κ1) is 18.1. The van der Waals surface area contributed by atoms with Crippen molar-refractivity contribution in [3.8, 4) is 0 Å². The number of morpholine rings is 1. The Kier molecular flexibility index (Phi) is 5.32. The Morgan fingerprint density at radius 2 is 2.12 bits per heavy atom. The van der Waals surface area contributed by atoms with Gasteiger partial charge in [0.2, 0.25) is 5.91 Å². The number of aromatic amines is 1. The van der Waals surface area contributed by atoms with Gasteiger partial charge >= 0.3 is 5.97 Å². The number of carbonyl (C=O) groups excluding carboxylic acids is 1. The molecule has 1 fully saturated rings. The van der Waals surface area contributed by atoms with Crippen LogP contribution in [0.2, 0.25) is 0 Å². The molecule has 2 aromatic rings. The number of ether oxygens (including phenoxy) is 1. The normalized spacial score (nSPS) is 20.3. The van der Waals surface area contributed by atoms with Crippen molar-refractivity contribution in [3.05, 3.63) is 40.4 Å². The number of hydrogen-bond acceptors (Lipinski definition) is 5. The van der Waals surface area contributed by atoms with Gasteiger partial charge < -0.3 is 19.7 Å². The highest BCUT2D eigenvalue weighted by molar-refractivity contribution is 5.79. The molecule has 1 aromatic heterocycles. The van der Waals surface area contributed by atoms with Crippen LogP contribution in [0.3, 0.4) is 0 Å². The van der Waals surface area contributed by atoms with Gasteiger partial charge in [-0.05, 0) is 25.5 Å². The number of carboxylic acid groups (broad SMARTS) is 1. The van der Waals surface area contributed by atoms with Crippen molar-refractivity contribution in [1.82, 2.24) is 14.9 Å². The summed E-state index contributed by atoms with van der Waals surface area (Å²) in [6.07, 6.45) is -0.0544. The number of carboxylic acids is 1. The maximum Gasteiger partial charge on any atom is 0.334 e. The lowest BCUT2D eigenvalue weighted by atomic mass is 10.1. The second-order valence-corrected chi connectivity index (χ2v) is 6.46. The number of para-hydroxylation sites is 1. The number of aromatic nitrogens is 2. The summed E-state index contributed by atoms with van der Waals surface area (Å²) in [5.74, 6) is -0.637. The molecule has 0 saturated carbocycles. The van der Waals surface area contributed by atoms with Gasteiger partial charge in [0.1, 0.15) is 5.82 Å². The van der Waals surface area contributed by atoms with Crippen molar-refractivity contribution in [1.29, 1.82) is 0 Å². The summed E-state index contributed by atoms with van der Waals surface area (Å²) >= 11 is 0. The van der Waals surface area contributed by atoms with E-state index in [0.29, 0.717) is 36.1 Å². The van der Waals surface area contributed by atoms with Gasteiger partial charge in [0, 0.05) is 19.4 Å². The summed E-state index contributed by atoms with van der Waals surface area (Å²) in [6, 6.07) is 7.10. The Bertz CT molecular complexity index is 879. The van der Waals surface area contributed by atoms with Gasteiger partial charge in [0.05, 0.1) is 23.6 Å². The van der Waals surface area contributed by atoms with Crippen LogP contribution >= 0.6 is 0 Å². The van der Waals surface area contributed by atoms with Gasteiger partial charge in [-0.2, -0.15) is 0 Å². The van der Waals surface area contributed by atoms with E-state index in [9.17, 15) is 14.4 Å². The number of nitrogens with zero attached hydrogens (tertiary/aromatic N) is 2. The molecule has 3 rings (SSSR count). The molecule has 138 valence electrons. The maximum atomic E-state index is 12.4. The van der Waals surface area contributed by atoms with E-state index in [4.69, 9.17) is 9.84 Å². The van der Waals surface area contributed by atoms with Crippen LogP contribution in [0.15, 0.2) is 29.1 Å². The molecule has 1 saturated heterocycles. The molecule has 1 aliphatic heterocycles. The van der Waals surface area contributed by atoms with Crippen molar-refractivity contribution in [2.24, 2.45) is 0 Å². The molecular weight excluding hydrogens is 338 g/mol. The van der Waals surface area contributed by atoms with E-state index >= 15 is 0 Å². The first-order valence-corrected chi connectivity index (χ1v) is 8.58. The quantitative estimate of drug-likeness (QED) is 0.822. The van der Waals surface area contributed by atoms with Gasteiger partial charge in [-0.1, -0.05) is 12.1 Å². The van der Waals surface area contributed by atoms with Gasteiger partial charge in [0.25, 0.3) is 5.56 Å². The Balaban J connectivity index is 1.58. The largest absolute Gasteiger partial charge is 0.479 e. The van der Waals surface area contributed by atoms with Crippen molar-refractivity contribution >= 4 is 22.8 Å². The number of H-pyrrole nitrogens is 1. The lowest BCUT2D eigenvalue weighted by Gasteiger charge is -2.35. The molecule has 2 heterocycles. The second-order valence-electron chi connectivity index (χ2n) is 6.46. The zero-order chi connectivity index (χ0) is 18.7. The Morgan fingerprint density at radius 1 is 1.35 bits per heavy atom. The van der Waals surface area contributed by atoms with E-state index in [-0.39, 0.29) is 30.5 Å². The summed E-state index contributed by atoms with van der Waals surface area (Å²) in [4.78, 5) is 44.2. The van der Waals surface area contributed by atoms with Crippen LogP contribution in [0, 0.1) is 0 Å². The van der Waals surface area contributed by atoms with Crippen molar-refractivity contribution in [2.45, 2.75) is 38.4 Å². The van der Waals surface area contributed by atoms with Crippen LogP contribution in [-0.2, 0) is 20.7 Å². The minimum Gasteiger partial charge on any atom is -0.479 e. The monoisotopic (exact) mass is 359 g/mol. The average Bonchev–Trinajstić information content (AvgIpc) is 2.61. The molecule has 8 heteroatoms. The van der Waals surface area contributed by atoms with Crippen LogP contribution in [-0.4, -0.2) is 57.1 Å². The Morgan fingerprint density at radius 3 is 2.88 bits per heavy atom. The van der Waals surface area contributed by atoms with Crippen LogP contribution < -0.4 is 5.56 Å². The highest BCUT2D eigenvalue weighted by Gasteiger charge is 2.32. The molecule has 1 aliphatic rings. The maximum absolute atomic E-state index is 12.4. The van der Waals surface area contributed by atoms with E-state index < -0.39 is 12.1 Å². The lowest BCUT2D eigenvalue weighted by Crippen LogP contribution is -2.51. The molecule has 0 radical (unpaired) electrons. The van der Waals surface area contributed by atoms with Crippen LogP contribution in [0.4, 0.5) is 0 Å². The van der Waals surface area contributed by atoms with Crippen LogP contribution in [0.25, 0.3) is 10.9 Å². The summed E-state index contributed by atoms with van der Waals surface area (Å²) in [5, 5.41) is 9.62. The zero-order valence-corrected chi connectivity index (χ0v) is 14.5. The minimum absolute atomic E-state index is 0.0591. The number of carbonyl (C=O) groups is 2. The number of aliphatic carboxylic acids is 1. The summed E-state index contributed by atoms with van der Waals surface area (Å²) in [6.45, 7) is 2.19. The van der Waals surface area contributed by atoms with E-state index in [1.165, 1.54) is 4.90 Å². The average molecular weight is 359 g/mol. The first-order chi connectivity index (χ1) is 12.4. The SMILES string of the molecule is C[C@@H]1CN(C(=O)CCCc2nc3ccccc3c(=O)[nH]2)CC(C(=O)O)O1. The molecule has 26 heavy (non-hydrogen) atoms. The van der Waals surface area contributed by atoms with E-state index in [1.807, 2.05) is 6.07 Å². The van der Waals surface area contributed by atoms with Gasteiger partial charge in [-0.15, -0.1) is 0 Å². The van der Waals surface area contributed by atoms with Crippen molar-refractivity contribution < 1.29 is 19.4 Å². The highest BCUT2D eigenvalue weighted by Crippen LogP contribution is 2.14. The zero-order valence-electron chi connectivity index (χ0n) is 14.5. The Hall–Kier alpha value is -2.74. The summed E-state index contributed by atoms with van der Waals surface area (Å²) in [7, 11) is 0. The highest BCUT2D eigenvalue weighted by atomic mass is 16.5. The summed E-state index contributed by atoms with van der Waals surface area (Å²) < 4.78 is 5.31. The van der Waals surface area contributed by atoms with Gasteiger partial charge in [0.15, 0.2) is 6.10 Å². The fraction of sp³-hybridized carbons (Fsp3) is 0.444. The Labute approximate surface area is 149 Å².